The number of anilines is 1. The molecular weight excluding hydrogens is 214 g/mol. The Morgan fingerprint density at radius 1 is 1.24 bits per heavy atom. The summed E-state index contributed by atoms with van der Waals surface area (Å²) in [6.07, 6.45) is 5.10. The van der Waals surface area contributed by atoms with Crippen LogP contribution in [0.3, 0.4) is 0 Å². The first-order valence-corrected chi connectivity index (χ1v) is 6.28. The van der Waals surface area contributed by atoms with Gasteiger partial charge in [-0.05, 0) is 18.6 Å². The molecule has 0 aliphatic heterocycles. The van der Waals surface area contributed by atoms with Crippen molar-refractivity contribution in [3.63, 3.8) is 0 Å². The largest absolute Gasteiger partial charge is 0.480 e. The van der Waals surface area contributed by atoms with Crippen molar-refractivity contribution in [2.75, 3.05) is 5.32 Å². The van der Waals surface area contributed by atoms with Crippen LogP contribution in [0.1, 0.15) is 39.0 Å². The molecule has 0 amide bonds. The molecule has 2 N–H and O–H groups in total. The van der Waals surface area contributed by atoms with Crippen molar-refractivity contribution >= 4 is 11.7 Å². The Morgan fingerprint density at radius 2 is 1.94 bits per heavy atom. The molecule has 1 rings (SSSR count). The van der Waals surface area contributed by atoms with Crippen LogP contribution < -0.4 is 5.32 Å². The molecule has 17 heavy (non-hydrogen) atoms. The smallest absolute Gasteiger partial charge is 0.326 e. The van der Waals surface area contributed by atoms with Gasteiger partial charge in [0.2, 0.25) is 0 Å². The van der Waals surface area contributed by atoms with Crippen molar-refractivity contribution < 1.29 is 9.90 Å². The van der Waals surface area contributed by atoms with E-state index >= 15 is 0 Å². The topological polar surface area (TPSA) is 49.3 Å². The molecule has 0 fully saturated rings. The number of aliphatic carboxylic acids is 1. The number of hydrogen-bond donors (Lipinski definition) is 2. The second-order valence-corrected chi connectivity index (χ2v) is 4.25. The summed E-state index contributed by atoms with van der Waals surface area (Å²) in [5, 5.41) is 12.2. The Balaban J connectivity index is 2.41. The summed E-state index contributed by atoms with van der Waals surface area (Å²) in [5.41, 5.74) is 0.871. The molecule has 0 spiro atoms. The summed E-state index contributed by atoms with van der Waals surface area (Å²) in [6, 6.07) is 9.03. The summed E-state index contributed by atoms with van der Waals surface area (Å²) >= 11 is 0. The molecule has 0 bridgehead atoms. The van der Waals surface area contributed by atoms with Gasteiger partial charge in [0.25, 0.3) is 0 Å². The highest BCUT2D eigenvalue weighted by Gasteiger charge is 2.16. The lowest BCUT2D eigenvalue weighted by molar-refractivity contribution is -0.138. The number of carbonyl (C=O) groups is 1. The van der Waals surface area contributed by atoms with Gasteiger partial charge in [0.05, 0.1) is 0 Å². The Hall–Kier alpha value is -1.51. The van der Waals surface area contributed by atoms with E-state index in [9.17, 15) is 4.79 Å². The van der Waals surface area contributed by atoms with E-state index in [4.69, 9.17) is 5.11 Å². The van der Waals surface area contributed by atoms with Crippen LogP contribution in [0, 0.1) is 0 Å². The molecule has 0 heterocycles. The number of unbranched alkanes of at least 4 members (excludes halogenated alkanes) is 3. The van der Waals surface area contributed by atoms with E-state index in [2.05, 4.69) is 12.2 Å². The lowest BCUT2D eigenvalue weighted by Gasteiger charge is -2.15. The second-order valence-electron chi connectivity index (χ2n) is 4.25. The zero-order chi connectivity index (χ0) is 12.5. The van der Waals surface area contributed by atoms with Gasteiger partial charge < -0.3 is 10.4 Å². The van der Waals surface area contributed by atoms with Gasteiger partial charge in [-0.1, -0.05) is 50.8 Å². The third-order valence-electron chi connectivity index (χ3n) is 2.76. The van der Waals surface area contributed by atoms with Crippen molar-refractivity contribution in [3.8, 4) is 0 Å². The first-order chi connectivity index (χ1) is 8.24. The standard InChI is InChI=1S/C14H21NO2/c1-2-3-4-8-11-13(14(16)17)15-12-9-6-5-7-10-12/h5-7,9-10,13,15H,2-4,8,11H2,1H3,(H,16,17). The Bertz CT molecular complexity index is 324. The van der Waals surface area contributed by atoms with Crippen LogP contribution in [0.15, 0.2) is 30.3 Å². The number of nitrogens with one attached hydrogen (secondary N) is 1. The van der Waals surface area contributed by atoms with E-state index in [1.807, 2.05) is 30.3 Å². The number of hydrogen-bond acceptors (Lipinski definition) is 2. The van der Waals surface area contributed by atoms with Gasteiger partial charge in [0.1, 0.15) is 6.04 Å². The normalized spacial score (nSPS) is 12.1. The fourth-order valence-corrected chi connectivity index (χ4v) is 1.77. The van der Waals surface area contributed by atoms with Gasteiger partial charge in [0.15, 0.2) is 0 Å². The van der Waals surface area contributed by atoms with Crippen LogP contribution in [-0.4, -0.2) is 17.1 Å². The van der Waals surface area contributed by atoms with Crippen LogP contribution in [0.5, 0.6) is 0 Å². The Kier molecular flexibility index (Phi) is 6.15. The van der Waals surface area contributed by atoms with E-state index in [-0.39, 0.29) is 0 Å². The summed E-state index contributed by atoms with van der Waals surface area (Å²) in [7, 11) is 0. The van der Waals surface area contributed by atoms with Gasteiger partial charge in [-0.15, -0.1) is 0 Å². The molecular formula is C14H21NO2. The highest BCUT2D eigenvalue weighted by molar-refractivity contribution is 5.77. The molecule has 0 aliphatic carbocycles. The van der Waals surface area contributed by atoms with E-state index < -0.39 is 12.0 Å². The predicted octanol–water partition coefficient (Wildman–Crippen LogP) is 3.52. The minimum atomic E-state index is -0.773. The summed E-state index contributed by atoms with van der Waals surface area (Å²) < 4.78 is 0. The lowest BCUT2D eigenvalue weighted by atomic mass is 10.1. The molecule has 0 aliphatic rings. The molecule has 1 atom stereocenters. The minimum Gasteiger partial charge on any atom is -0.480 e. The third-order valence-corrected chi connectivity index (χ3v) is 2.76. The fourth-order valence-electron chi connectivity index (χ4n) is 1.77. The van der Waals surface area contributed by atoms with Crippen molar-refractivity contribution in [3.05, 3.63) is 30.3 Å². The van der Waals surface area contributed by atoms with Crippen LogP contribution >= 0.6 is 0 Å². The minimum absolute atomic E-state index is 0.478. The molecule has 0 saturated heterocycles. The second kappa shape index (κ2) is 7.71. The number of benzene rings is 1. The maximum atomic E-state index is 11.1. The summed E-state index contributed by atoms with van der Waals surface area (Å²) in [4.78, 5) is 11.1. The maximum Gasteiger partial charge on any atom is 0.326 e. The first kappa shape index (κ1) is 13.6. The average Bonchev–Trinajstić information content (AvgIpc) is 2.34. The maximum absolute atomic E-state index is 11.1. The molecule has 1 unspecified atom stereocenters. The zero-order valence-corrected chi connectivity index (χ0v) is 10.4. The first-order valence-electron chi connectivity index (χ1n) is 6.28. The zero-order valence-electron chi connectivity index (χ0n) is 10.4. The van der Waals surface area contributed by atoms with E-state index in [0.29, 0.717) is 6.42 Å². The van der Waals surface area contributed by atoms with E-state index in [1.165, 1.54) is 12.8 Å². The predicted molar refractivity (Wildman–Crippen MR) is 70.2 cm³/mol. The Morgan fingerprint density at radius 3 is 2.53 bits per heavy atom. The van der Waals surface area contributed by atoms with Gasteiger partial charge in [0, 0.05) is 5.69 Å². The van der Waals surface area contributed by atoms with Gasteiger partial charge in [-0.3, -0.25) is 0 Å². The summed E-state index contributed by atoms with van der Waals surface area (Å²) in [5.74, 6) is -0.773. The quantitative estimate of drug-likeness (QED) is 0.678. The van der Waals surface area contributed by atoms with Crippen LogP contribution in [0.4, 0.5) is 5.69 Å². The summed E-state index contributed by atoms with van der Waals surface area (Å²) in [6.45, 7) is 2.15. The van der Waals surface area contributed by atoms with Gasteiger partial charge in [-0.2, -0.15) is 0 Å². The molecule has 0 saturated carbocycles. The molecule has 0 radical (unpaired) electrons. The number of carboxylic acid groups (broad SMARTS) is 1. The fraction of sp³-hybridized carbons (Fsp3) is 0.500. The molecule has 0 aromatic heterocycles. The SMILES string of the molecule is CCCCCCC(Nc1ccccc1)C(=O)O. The lowest BCUT2D eigenvalue weighted by Crippen LogP contribution is -2.29. The van der Waals surface area contributed by atoms with Gasteiger partial charge in [-0.25, -0.2) is 4.79 Å². The molecule has 1 aromatic rings. The molecule has 94 valence electrons. The highest BCUT2D eigenvalue weighted by Crippen LogP contribution is 2.12. The van der Waals surface area contributed by atoms with Crippen LogP contribution in [0.2, 0.25) is 0 Å². The molecule has 1 aromatic carbocycles. The molecule has 3 heteroatoms. The number of para-hydroxylation sites is 1. The van der Waals surface area contributed by atoms with Crippen LogP contribution in [0.25, 0.3) is 0 Å². The monoisotopic (exact) mass is 235 g/mol. The van der Waals surface area contributed by atoms with Crippen LogP contribution in [-0.2, 0) is 4.79 Å². The molecule has 3 nitrogen and oxygen atoms in total. The third kappa shape index (κ3) is 5.38. The number of rotatable bonds is 8. The highest BCUT2D eigenvalue weighted by atomic mass is 16.4. The number of carboxylic acids is 1. The van der Waals surface area contributed by atoms with Crippen molar-refractivity contribution in [2.45, 2.75) is 45.1 Å². The van der Waals surface area contributed by atoms with E-state index in [1.54, 1.807) is 0 Å². The van der Waals surface area contributed by atoms with Crippen molar-refractivity contribution in [1.82, 2.24) is 0 Å². The van der Waals surface area contributed by atoms with E-state index in [0.717, 1.165) is 18.5 Å². The van der Waals surface area contributed by atoms with Crippen molar-refractivity contribution in [2.24, 2.45) is 0 Å². The Labute approximate surface area is 103 Å². The average molecular weight is 235 g/mol. The van der Waals surface area contributed by atoms with Gasteiger partial charge >= 0.3 is 5.97 Å². The van der Waals surface area contributed by atoms with Crippen molar-refractivity contribution in [1.29, 1.82) is 0 Å².